The summed E-state index contributed by atoms with van der Waals surface area (Å²) in [5, 5.41) is 13.5. The van der Waals surface area contributed by atoms with E-state index in [4.69, 9.17) is 4.74 Å². The van der Waals surface area contributed by atoms with Crippen LogP contribution in [0, 0.1) is 5.82 Å². The third-order valence-electron chi connectivity index (χ3n) is 8.35. The van der Waals surface area contributed by atoms with Crippen molar-refractivity contribution in [2.24, 2.45) is 0 Å². The van der Waals surface area contributed by atoms with Crippen molar-refractivity contribution in [2.75, 3.05) is 43.5 Å². The number of aromatic amines is 1. The van der Waals surface area contributed by atoms with Gasteiger partial charge in [0.15, 0.2) is 0 Å². The SMILES string of the molecule is COc1ncccc1-c1ccc(O)c(-c2nc3ccc(C(=O)Nc4ccc(N5CCN(Cc6ccncc6)CC5)c(F)c4)cc3[nH]2)c1. The first kappa shape index (κ1) is 29.9. The third-order valence-corrected chi connectivity index (χ3v) is 8.35. The number of methoxy groups -OCH3 is 1. The molecule has 3 N–H and O–H groups in total. The lowest BCUT2D eigenvalue weighted by Crippen LogP contribution is -2.46. The minimum Gasteiger partial charge on any atom is -0.507 e. The molecule has 7 rings (SSSR count). The van der Waals surface area contributed by atoms with E-state index in [0.717, 1.165) is 30.8 Å². The first-order chi connectivity index (χ1) is 22.9. The van der Waals surface area contributed by atoms with E-state index in [1.54, 1.807) is 74.2 Å². The summed E-state index contributed by atoms with van der Waals surface area (Å²) in [6.07, 6.45) is 5.24. The molecule has 1 fully saturated rings. The number of phenolic OH excluding ortho intramolecular Hbond substituents is 1. The molecule has 3 aromatic carbocycles. The van der Waals surface area contributed by atoms with Crippen LogP contribution in [0.4, 0.5) is 15.8 Å². The molecule has 0 unspecified atom stereocenters. The number of halogens is 1. The standard InChI is InChI=1S/C36H32FN7O3/c1-47-36-27(3-2-12-39-36)24-5-9-33(45)28(19-24)34-41-30-7-4-25(20-31(30)42-34)35(46)40-26-6-8-32(29(37)21-26)44-17-15-43(16-18-44)22-23-10-13-38-14-11-23/h2-14,19-21,45H,15-18,22H2,1H3,(H,40,46)(H,41,42). The van der Waals surface area contributed by atoms with Crippen LogP contribution >= 0.6 is 0 Å². The van der Waals surface area contributed by atoms with E-state index in [9.17, 15) is 9.90 Å². The van der Waals surface area contributed by atoms with E-state index < -0.39 is 0 Å². The molecule has 11 heteroatoms. The highest BCUT2D eigenvalue weighted by molar-refractivity contribution is 6.06. The second kappa shape index (κ2) is 12.9. The monoisotopic (exact) mass is 629 g/mol. The topological polar surface area (TPSA) is 120 Å². The lowest BCUT2D eigenvalue weighted by molar-refractivity contribution is 0.102. The summed E-state index contributed by atoms with van der Waals surface area (Å²) in [6.45, 7) is 3.90. The van der Waals surface area contributed by atoms with Crippen molar-refractivity contribution in [1.82, 2.24) is 24.8 Å². The summed E-state index contributed by atoms with van der Waals surface area (Å²) < 4.78 is 20.7. The van der Waals surface area contributed by atoms with Crippen LogP contribution in [-0.2, 0) is 6.54 Å². The van der Waals surface area contributed by atoms with Crippen LogP contribution in [0.15, 0.2) is 97.5 Å². The number of pyridine rings is 2. The van der Waals surface area contributed by atoms with E-state index in [0.29, 0.717) is 58.3 Å². The average molecular weight is 630 g/mol. The Bertz CT molecular complexity index is 2060. The second-order valence-corrected chi connectivity index (χ2v) is 11.3. The van der Waals surface area contributed by atoms with Gasteiger partial charge < -0.3 is 25.0 Å². The maximum atomic E-state index is 15.3. The molecule has 1 aliphatic rings. The molecule has 0 radical (unpaired) electrons. The summed E-state index contributed by atoms with van der Waals surface area (Å²) in [5.41, 5.74) is 5.76. The van der Waals surface area contributed by atoms with Crippen molar-refractivity contribution in [3.8, 4) is 34.1 Å². The number of carbonyl (C=O) groups excluding carboxylic acids is 1. The lowest BCUT2D eigenvalue weighted by Gasteiger charge is -2.36. The largest absolute Gasteiger partial charge is 0.507 e. The zero-order chi connectivity index (χ0) is 32.3. The summed E-state index contributed by atoms with van der Waals surface area (Å²) in [7, 11) is 1.56. The zero-order valence-electron chi connectivity index (χ0n) is 25.7. The molecule has 0 spiro atoms. The minimum absolute atomic E-state index is 0.0472. The highest BCUT2D eigenvalue weighted by Crippen LogP contribution is 2.36. The highest BCUT2D eigenvalue weighted by atomic mass is 19.1. The number of hydrogen-bond acceptors (Lipinski definition) is 8. The highest BCUT2D eigenvalue weighted by Gasteiger charge is 2.21. The number of anilines is 2. The number of phenols is 1. The van der Waals surface area contributed by atoms with Gasteiger partial charge in [-0.05, 0) is 83.9 Å². The number of benzene rings is 3. The van der Waals surface area contributed by atoms with Gasteiger partial charge in [-0.3, -0.25) is 14.7 Å². The lowest BCUT2D eigenvalue weighted by atomic mass is 10.0. The quantitative estimate of drug-likeness (QED) is 0.184. The Balaban J connectivity index is 1.03. The molecule has 0 atom stereocenters. The number of amides is 1. The zero-order valence-corrected chi connectivity index (χ0v) is 25.7. The normalized spacial score (nSPS) is 13.5. The first-order valence-corrected chi connectivity index (χ1v) is 15.2. The molecule has 47 heavy (non-hydrogen) atoms. The molecule has 10 nitrogen and oxygen atoms in total. The predicted molar refractivity (Wildman–Crippen MR) is 179 cm³/mol. The Hall–Kier alpha value is -5.81. The smallest absolute Gasteiger partial charge is 0.255 e. The number of aromatic hydroxyl groups is 1. The van der Waals surface area contributed by atoms with Gasteiger partial charge in [0.1, 0.15) is 17.4 Å². The number of fused-ring (bicyclic) bond motifs is 1. The van der Waals surface area contributed by atoms with Crippen LogP contribution < -0.4 is 15.0 Å². The molecular formula is C36H32FN7O3. The van der Waals surface area contributed by atoms with E-state index in [1.807, 2.05) is 29.2 Å². The number of nitrogens with one attached hydrogen (secondary N) is 2. The second-order valence-electron chi connectivity index (χ2n) is 11.3. The summed E-state index contributed by atoms with van der Waals surface area (Å²) in [5.74, 6) is 0.189. The Morgan fingerprint density at radius 2 is 1.79 bits per heavy atom. The fourth-order valence-electron chi connectivity index (χ4n) is 5.88. The van der Waals surface area contributed by atoms with Gasteiger partial charge in [0.25, 0.3) is 5.91 Å². The van der Waals surface area contributed by atoms with Crippen molar-refractivity contribution in [2.45, 2.75) is 6.54 Å². The molecule has 1 amide bonds. The molecule has 3 aromatic heterocycles. The van der Waals surface area contributed by atoms with E-state index in [2.05, 4.69) is 30.2 Å². The number of H-pyrrole nitrogens is 1. The molecule has 4 heterocycles. The molecular weight excluding hydrogens is 597 g/mol. The Morgan fingerprint density at radius 1 is 0.957 bits per heavy atom. The Morgan fingerprint density at radius 3 is 2.57 bits per heavy atom. The van der Waals surface area contributed by atoms with E-state index >= 15 is 4.39 Å². The van der Waals surface area contributed by atoms with Crippen LogP contribution in [0.25, 0.3) is 33.5 Å². The van der Waals surface area contributed by atoms with Crippen molar-refractivity contribution < 1.29 is 19.0 Å². The molecule has 6 aromatic rings. The molecule has 0 aliphatic carbocycles. The fourth-order valence-corrected chi connectivity index (χ4v) is 5.88. The molecule has 1 saturated heterocycles. The maximum Gasteiger partial charge on any atom is 0.255 e. The molecule has 236 valence electrons. The maximum absolute atomic E-state index is 15.3. The van der Waals surface area contributed by atoms with Gasteiger partial charge in [-0.2, -0.15) is 0 Å². The number of ether oxygens (including phenoxy) is 1. The van der Waals surface area contributed by atoms with Gasteiger partial charge in [-0.15, -0.1) is 0 Å². The molecule has 0 bridgehead atoms. The first-order valence-electron chi connectivity index (χ1n) is 15.2. The van der Waals surface area contributed by atoms with Gasteiger partial charge in [0.05, 0.1) is 29.4 Å². The number of carbonyl (C=O) groups is 1. The molecule has 0 saturated carbocycles. The number of imidazole rings is 1. The summed E-state index contributed by atoms with van der Waals surface area (Å²) >= 11 is 0. The minimum atomic E-state index is -0.384. The van der Waals surface area contributed by atoms with E-state index in [-0.39, 0.29) is 17.5 Å². The van der Waals surface area contributed by atoms with E-state index in [1.165, 1.54) is 11.6 Å². The Labute approximate surface area is 270 Å². The average Bonchev–Trinajstić information content (AvgIpc) is 3.53. The molecule has 1 aliphatic heterocycles. The van der Waals surface area contributed by atoms with Gasteiger partial charge in [-0.25, -0.2) is 14.4 Å². The third kappa shape index (κ3) is 6.34. The number of piperazine rings is 1. The predicted octanol–water partition coefficient (Wildman–Crippen LogP) is 6.11. The van der Waals surface area contributed by atoms with Crippen LogP contribution in [0.2, 0.25) is 0 Å². The number of nitrogens with zero attached hydrogens (tertiary/aromatic N) is 5. The number of hydrogen-bond donors (Lipinski definition) is 3. The van der Waals surface area contributed by atoms with Gasteiger partial charge in [0.2, 0.25) is 5.88 Å². The van der Waals surface area contributed by atoms with Crippen LogP contribution in [0.5, 0.6) is 11.6 Å². The van der Waals surface area contributed by atoms with Crippen molar-refractivity contribution in [3.05, 3.63) is 114 Å². The Kier molecular flexibility index (Phi) is 8.20. The van der Waals surface area contributed by atoms with Crippen molar-refractivity contribution >= 4 is 28.3 Å². The van der Waals surface area contributed by atoms with Crippen LogP contribution in [-0.4, -0.2) is 69.1 Å². The van der Waals surface area contributed by atoms with Crippen molar-refractivity contribution in [1.29, 1.82) is 0 Å². The fraction of sp³-hybridized carbons (Fsp3) is 0.167. The summed E-state index contributed by atoms with van der Waals surface area (Å²) in [4.78, 5) is 33.8. The van der Waals surface area contributed by atoms with Crippen molar-refractivity contribution in [3.63, 3.8) is 0 Å². The van der Waals surface area contributed by atoms with Gasteiger partial charge in [-0.1, -0.05) is 6.07 Å². The van der Waals surface area contributed by atoms with Crippen LogP contribution in [0.3, 0.4) is 0 Å². The van der Waals surface area contributed by atoms with Gasteiger partial charge >= 0.3 is 0 Å². The summed E-state index contributed by atoms with van der Waals surface area (Å²) in [6, 6.07) is 22.8. The van der Waals surface area contributed by atoms with Crippen LogP contribution in [0.1, 0.15) is 15.9 Å². The number of aromatic nitrogens is 4. The number of rotatable bonds is 8. The van der Waals surface area contributed by atoms with Gasteiger partial charge in [0, 0.05) is 68.1 Å².